The molecule has 0 aromatic rings. The minimum absolute atomic E-state index is 0.770. The van der Waals surface area contributed by atoms with Crippen molar-refractivity contribution >= 4 is 11.8 Å². The van der Waals surface area contributed by atoms with Gasteiger partial charge >= 0.3 is 0 Å². The molecule has 9 aliphatic heterocycles. The number of ether oxygens (including phenoxy) is 17. The van der Waals surface area contributed by atoms with Crippen LogP contribution < -0.4 is 10.6 Å². The maximum absolute atomic E-state index is 12.8. The summed E-state index contributed by atoms with van der Waals surface area (Å²) in [5.41, 5.74) is 0. The molecule has 9 rings (SSSR count). The van der Waals surface area contributed by atoms with Crippen LogP contribution in [-0.4, -0.2) is 485 Å². The van der Waals surface area contributed by atoms with E-state index in [9.17, 15) is 147 Å². The van der Waals surface area contributed by atoms with Crippen LogP contribution in [0.2, 0.25) is 0 Å². The number of hydrogen-bond donors (Lipinski definition) is 29. The van der Waals surface area contributed by atoms with E-state index in [-0.39, 0.29) is 0 Å². The molecule has 9 heterocycles. The lowest BCUT2D eigenvalue weighted by molar-refractivity contribution is -0.398. The molecule has 0 aliphatic carbocycles. The monoisotopic (exact) mass is 1560 g/mol. The van der Waals surface area contributed by atoms with Crippen LogP contribution >= 0.6 is 0 Å². The number of nitrogens with one attached hydrogen (secondary N) is 2. The molecule has 9 saturated heterocycles. The maximum Gasteiger partial charge on any atom is 0.217 e. The fraction of sp³-hybridized carbons (Fsp3) is 0.966. The van der Waals surface area contributed by atoms with Gasteiger partial charge in [-0.25, -0.2) is 0 Å². The summed E-state index contributed by atoms with van der Waals surface area (Å²) in [5, 5.41) is 300. The third-order valence-corrected chi connectivity index (χ3v) is 19.5. The van der Waals surface area contributed by atoms with Gasteiger partial charge in [-0.3, -0.25) is 9.59 Å². The summed E-state index contributed by atoms with van der Waals surface area (Å²) in [6, 6.07) is -3.49. The van der Waals surface area contributed by atoms with E-state index in [1.54, 1.807) is 0 Å². The summed E-state index contributed by atoms with van der Waals surface area (Å²) >= 11 is 0. The molecule has 0 spiro atoms. The zero-order chi connectivity index (χ0) is 77.9. The predicted octanol–water partition coefficient (Wildman–Crippen LogP) is -20.3. The third kappa shape index (κ3) is 18.7. The largest absolute Gasteiger partial charge is 0.394 e. The van der Waals surface area contributed by atoms with E-state index in [1.807, 2.05) is 0 Å². The zero-order valence-electron chi connectivity index (χ0n) is 56.2. The van der Waals surface area contributed by atoms with Gasteiger partial charge in [0.2, 0.25) is 11.8 Å². The van der Waals surface area contributed by atoms with Crippen LogP contribution in [0.3, 0.4) is 0 Å². The Hall–Kier alpha value is -2.82. The fourth-order valence-electron chi connectivity index (χ4n) is 13.5. The minimum Gasteiger partial charge on any atom is -0.394 e. The normalized spacial score (nSPS) is 51.2. The van der Waals surface area contributed by atoms with Gasteiger partial charge in [0.15, 0.2) is 56.6 Å². The molecule has 0 saturated carbocycles. The summed E-state index contributed by atoms with van der Waals surface area (Å²) < 4.78 is 98.7. The Morgan fingerprint density at radius 3 is 0.934 bits per heavy atom. The highest BCUT2D eigenvalue weighted by Gasteiger charge is 2.60. The molecule has 48 nitrogen and oxygen atoms in total. The first-order valence-corrected chi connectivity index (χ1v) is 33.7. The van der Waals surface area contributed by atoms with Crippen LogP contribution in [0.4, 0.5) is 0 Å². The molecule has 29 N–H and O–H groups in total. The van der Waals surface area contributed by atoms with Crippen molar-refractivity contribution in [1.82, 2.24) is 10.6 Å². The number of amides is 2. The zero-order valence-corrected chi connectivity index (χ0v) is 56.2. The van der Waals surface area contributed by atoms with Gasteiger partial charge in [0.05, 0.1) is 59.5 Å². The Morgan fingerprint density at radius 1 is 0.245 bits per heavy atom. The summed E-state index contributed by atoms with van der Waals surface area (Å²) in [6.07, 6.45) is -89.8. The third-order valence-electron chi connectivity index (χ3n) is 19.5. The molecule has 48 heteroatoms. The fourth-order valence-corrected chi connectivity index (χ4v) is 13.5. The number of hydrogen-bond acceptors (Lipinski definition) is 46. The number of rotatable bonds is 27. The first-order chi connectivity index (χ1) is 50.2. The minimum atomic E-state index is -2.43. The first kappa shape index (κ1) is 87.2. The predicted molar refractivity (Wildman–Crippen MR) is 320 cm³/mol. The highest BCUT2D eigenvalue weighted by Crippen LogP contribution is 2.39. The Morgan fingerprint density at radius 2 is 0.519 bits per heavy atom. The second-order valence-corrected chi connectivity index (χ2v) is 26.7. The molecule has 9 aliphatic rings. The molecular formula is C58H98N2O46. The molecule has 9 fully saturated rings. The standard InChI is InChI=1S/C58H98N2O46/c1-12(68)59-23-32(77)44(19(8-66)92-50(23)89)101-51-24(60-13(2)69)33(78)45(20(9-67)98-51)102-56-43(88)47(104-54-40(85)35(80)26(71)15(4-62)94-54)31(76)22(100-56)10-90-52-42(87)46(103-53-39(84)34(79)25(70)14(3-61)93-53)30(75)21(99-52)11-91-57-48(37(82)28(73)17(6-64)96-57)106-58-49(38(83)29(74)18(7-65)97-58)105-55-41(86)36(81)27(72)16(5-63)95-55/h14-58,61-67,70-89H,3-11H2,1-2H3,(H,59,68)(H,60,69)/t14-,15-,16-,17-,18-,19-,20-,21-,22-,23-,24-,25-,26-,27-,28-,29-,30-,31-,32-,33-,34+,35+,36+,37+,38+,39+,40+,41+,42+,43+,44-,45-,46+,47+,48+,49+,50?,51+,52+,53-,54-,55-,56+,57+,58-/m1/s1. The summed E-state index contributed by atoms with van der Waals surface area (Å²) in [4.78, 5) is 24.9. The SMILES string of the molecule is CC(=O)N[C@H]1[C@H](O[C@H]2[C@H](O)[C@@H](NC(C)=O)C(O)O[C@@H]2CO)O[C@H](CO)[C@@H](O[C@@H]2O[C@H](CO[C@H]3O[C@H](CO[C@H]4O[C@H](CO)[C@@H](O)[C@H](O)[C@@H]4O[C@H]4O[C@H](CO)[C@@H](O)[C@H](O)[C@@H]4O[C@H]4O[C@H](CO)[C@@H](O)[C@H](O)[C@@H]4O)[C@@H](O)[C@H](O[C@H]4O[C@H](CO)[C@@H](O)[C@H](O)[C@@H]4O)[C@@H]3O)[C@@H](O)[C@H](O[C@H]3O[C@H](CO)[C@@H](O)[C@H](O)[C@@H]3O)[C@@H]2O)[C@@H]1O. The topological polar surface area (TPSA) is 761 Å². The van der Waals surface area contributed by atoms with Crippen molar-refractivity contribution in [1.29, 1.82) is 0 Å². The van der Waals surface area contributed by atoms with E-state index < -0.39 is 348 Å². The molecule has 0 aromatic carbocycles. The van der Waals surface area contributed by atoms with Crippen LogP contribution in [-0.2, 0) is 90.1 Å². The Bertz CT molecular complexity index is 2710. The van der Waals surface area contributed by atoms with E-state index in [0.717, 1.165) is 13.8 Å². The van der Waals surface area contributed by atoms with Gasteiger partial charge in [-0.2, -0.15) is 0 Å². The van der Waals surface area contributed by atoms with E-state index in [1.165, 1.54) is 0 Å². The average molecular weight is 1560 g/mol. The van der Waals surface area contributed by atoms with Crippen LogP contribution in [0.15, 0.2) is 0 Å². The average Bonchev–Trinajstić information content (AvgIpc) is 0.775. The quantitative estimate of drug-likeness (QED) is 0.0363. The lowest BCUT2D eigenvalue weighted by Gasteiger charge is -2.50. The molecule has 0 aromatic heterocycles. The molecule has 0 bridgehead atoms. The molecule has 1 unspecified atom stereocenters. The molecular weight excluding hydrogens is 1460 g/mol. The molecule has 106 heavy (non-hydrogen) atoms. The smallest absolute Gasteiger partial charge is 0.217 e. The lowest BCUT2D eigenvalue weighted by atomic mass is 9.94. The van der Waals surface area contributed by atoms with E-state index in [0.29, 0.717) is 0 Å². The van der Waals surface area contributed by atoms with Gasteiger partial charge < -0.3 is 229 Å². The Kier molecular flexibility index (Phi) is 31.1. The van der Waals surface area contributed by atoms with Crippen molar-refractivity contribution in [2.45, 2.75) is 290 Å². The van der Waals surface area contributed by atoms with E-state index in [4.69, 9.17) is 80.5 Å². The van der Waals surface area contributed by atoms with Crippen molar-refractivity contribution in [3.8, 4) is 0 Å². The second kappa shape index (κ2) is 37.9. The summed E-state index contributed by atoms with van der Waals surface area (Å²) in [6.45, 7) is -7.69. The lowest BCUT2D eigenvalue weighted by Crippen LogP contribution is -2.70. The van der Waals surface area contributed by atoms with E-state index >= 15 is 0 Å². The maximum atomic E-state index is 12.8. The molecule has 616 valence electrons. The van der Waals surface area contributed by atoms with Crippen molar-refractivity contribution in [3.05, 3.63) is 0 Å². The van der Waals surface area contributed by atoms with Crippen LogP contribution in [0.1, 0.15) is 13.8 Å². The van der Waals surface area contributed by atoms with Gasteiger partial charge in [-0.05, 0) is 0 Å². The van der Waals surface area contributed by atoms with Crippen molar-refractivity contribution in [2.75, 3.05) is 59.5 Å². The highest BCUT2D eigenvalue weighted by atomic mass is 16.8. The van der Waals surface area contributed by atoms with Crippen molar-refractivity contribution in [3.63, 3.8) is 0 Å². The number of aliphatic hydroxyl groups excluding tert-OH is 27. The summed E-state index contributed by atoms with van der Waals surface area (Å²) in [5.74, 6) is -1.68. The van der Waals surface area contributed by atoms with Crippen LogP contribution in [0.25, 0.3) is 0 Å². The van der Waals surface area contributed by atoms with Gasteiger partial charge in [0.25, 0.3) is 0 Å². The van der Waals surface area contributed by atoms with Crippen molar-refractivity contribution < 1.29 is 228 Å². The van der Waals surface area contributed by atoms with Crippen LogP contribution in [0.5, 0.6) is 0 Å². The van der Waals surface area contributed by atoms with E-state index in [2.05, 4.69) is 10.6 Å². The van der Waals surface area contributed by atoms with Gasteiger partial charge in [0, 0.05) is 13.8 Å². The van der Waals surface area contributed by atoms with Crippen LogP contribution in [0, 0.1) is 0 Å². The summed E-state index contributed by atoms with van der Waals surface area (Å²) in [7, 11) is 0. The molecule has 2 amide bonds. The number of carbonyl (C=O) groups excluding carboxylic acids is 2. The molecule has 45 atom stereocenters. The number of carbonyl (C=O) groups is 2. The Labute approximate surface area is 598 Å². The van der Waals surface area contributed by atoms with Gasteiger partial charge in [-0.1, -0.05) is 0 Å². The molecule has 0 radical (unpaired) electrons. The Balaban J connectivity index is 1.01. The first-order valence-electron chi connectivity index (χ1n) is 33.7. The van der Waals surface area contributed by atoms with Crippen molar-refractivity contribution in [2.24, 2.45) is 0 Å². The highest BCUT2D eigenvalue weighted by molar-refractivity contribution is 5.73. The van der Waals surface area contributed by atoms with Gasteiger partial charge in [0.1, 0.15) is 220 Å². The second-order valence-electron chi connectivity index (χ2n) is 26.7. The number of aliphatic hydroxyl groups is 27. The van der Waals surface area contributed by atoms with Gasteiger partial charge in [-0.15, -0.1) is 0 Å².